The maximum absolute atomic E-state index is 6.08. The Hall–Kier alpha value is -0.610. The van der Waals surface area contributed by atoms with Gasteiger partial charge in [0.1, 0.15) is 0 Å². The van der Waals surface area contributed by atoms with Crippen molar-refractivity contribution in [2.24, 2.45) is 0 Å². The molecule has 0 atom stereocenters. The molecule has 0 saturated carbocycles. The van der Waals surface area contributed by atoms with E-state index in [9.17, 15) is 0 Å². The van der Waals surface area contributed by atoms with E-state index < -0.39 is 0 Å². The van der Waals surface area contributed by atoms with Gasteiger partial charge < -0.3 is 5.32 Å². The molecule has 1 aliphatic rings. The van der Waals surface area contributed by atoms with Gasteiger partial charge in [-0.3, -0.25) is 0 Å². The van der Waals surface area contributed by atoms with Crippen LogP contribution in [-0.4, -0.2) is 18.1 Å². The van der Waals surface area contributed by atoms with Crippen LogP contribution < -0.4 is 5.32 Å². The summed E-state index contributed by atoms with van der Waals surface area (Å²) in [6, 6.07) is 8.04. The number of halogens is 2. The summed E-state index contributed by atoms with van der Waals surface area (Å²) in [6.07, 6.45) is 2.39. The second kappa shape index (κ2) is 6.90. The molecule has 5 heteroatoms. The van der Waals surface area contributed by atoms with Crippen LogP contribution in [0.25, 0.3) is 10.4 Å². The second-order valence-corrected chi connectivity index (χ2v) is 6.47. The molecular weight excluding hydrogens is 311 g/mol. The van der Waals surface area contributed by atoms with Crippen molar-refractivity contribution in [1.82, 2.24) is 10.3 Å². The minimum Gasteiger partial charge on any atom is -0.317 e. The Morgan fingerprint density at radius 3 is 2.75 bits per heavy atom. The van der Waals surface area contributed by atoms with Crippen molar-refractivity contribution >= 4 is 35.3 Å². The lowest BCUT2D eigenvalue weighted by molar-refractivity contribution is 0.459. The predicted octanol–water partition coefficient (Wildman–Crippen LogP) is 4.66. The Labute approximate surface area is 135 Å². The molecule has 0 unspecified atom stereocenters. The van der Waals surface area contributed by atoms with E-state index >= 15 is 0 Å². The third-order valence-electron chi connectivity index (χ3n) is 3.59. The van der Waals surface area contributed by atoms with E-state index in [1.54, 1.807) is 0 Å². The van der Waals surface area contributed by atoms with Crippen molar-refractivity contribution in [2.45, 2.75) is 25.7 Å². The predicted molar refractivity (Wildman–Crippen MR) is 89.4 cm³/mol. The summed E-state index contributed by atoms with van der Waals surface area (Å²) >= 11 is 7.91. The third-order valence-corrected chi connectivity index (χ3v) is 5.19. The Bertz CT molecular complexity index is 577. The van der Waals surface area contributed by atoms with Gasteiger partial charge in [0.25, 0.3) is 0 Å². The topological polar surface area (TPSA) is 24.9 Å². The fourth-order valence-electron chi connectivity index (χ4n) is 2.56. The standard InChI is InChI=1S/C15H17ClN2S.ClH/c1-10-14(12-3-2-4-13(16)9-12)19-15(18-10)11-5-7-17-8-6-11;/h2-4,9,11,17H,5-8H2,1H3;1H. The molecule has 1 aliphatic heterocycles. The first-order valence-corrected chi connectivity index (χ1v) is 7.87. The summed E-state index contributed by atoms with van der Waals surface area (Å²) in [6.45, 7) is 4.31. The van der Waals surface area contributed by atoms with Crippen LogP contribution in [0, 0.1) is 6.92 Å². The molecule has 2 nitrogen and oxygen atoms in total. The lowest BCUT2D eigenvalue weighted by Crippen LogP contribution is -2.26. The number of thiazole rings is 1. The van der Waals surface area contributed by atoms with Gasteiger partial charge >= 0.3 is 0 Å². The zero-order valence-electron chi connectivity index (χ0n) is 11.4. The van der Waals surface area contributed by atoms with Crippen molar-refractivity contribution in [3.05, 3.63) is 40.0 Å². The maximum Gasteiger partial charge on any atom is 0.0966 e. The Kier molecular flexibility index (Phi) is 5.44. The first-order chi connectivity index (χ1) is 9.24. The van der Waals surface area contributed by atoms with E-state index in [0.717, 1.165) is 23.8 Å². The van der Waals surface area contributed by atoms with Crippen molar-refractivity contribution in [3.8, 4) is 10.4 Å². The van der Waals surface area contributed by atoms with E-state index in [-0.39, 0.29) is 12.4 Å². The normalized spacial score (nSPS) is 15.9. The molecule has 1 fully saturated rings. The highest BCUT2D eigenvalue weighted by molar-refractivity contribution is 7.15. The number of nitrogens with one attached hydrogen (secondary N) is 1. The fourth-order valence-corrected chi connectivity index (χ4v) is 3.98. The third kappa shape index (κ3) is 3.34. The molecule has 2 aromatic rings. The molecule has 108 valence electrons. The van der Waals surface area contributed by atoms with Crippen LogP contribution in [0.4, 0.5) is 0 Å². The van der Waals surface area contributed by atoms with Gasteiger partial charge in [-0.2, -0.15) is 0 Å². The Morgan fingerprint density at radius 1 is 1.30 bits per heavy atom. The second-order valence-electron chi connectivity index (χ2n) is 5.00. The SMILES string of the molecule is Cc1nc(C2CCNCC2)sc1-c1cccc(Cl)c1.Cl. The first kappa shape index (κ1) is 15.8. The molecule has 0 spiro atoms. The van der Waals surface area contributed by atoms with Gasteiger partial charge in [0.2, 0.25) is 0 Å². The van der Waals surface area contributed by atoms with Crippen LogP contribution in [0.5, 0.6) is 0 Å². The lowest BCUT2D eigenvalue weighted by atomic mass is 9.99. The van der Waals surface area contributed by atoms with Gasteiger partial charge in [-0.05, 0) is 50.6 Å². The average Bonchev–Trinajstić information content (AvgIpc) is 2.82. The summed E-state index contributed by atoms with van der Waals surface area (Å²) in [7, 11) is 0. The zero-order valence-corrected chi connectivity index (χ0v) is 13.7. The summed E-state index contributed by atoms with van der Waals surface area (Å²) in [5.41, 5.74) is 2.31. The molecule has 1 N–H and O–H groups in total. The van der Waals surface area contributed by atoms with Crippen LogP contribution >= 0.6 is 35.3 Å². The van der Waals surface area contributed by atoms with Crippen molar-refractivity contribution in [2.75, 3.05) is 13.1 Å². The number of rotatable bonds is 2. The molecule has 20 heavy (non-hydrogen) atoms. The molecule has 1 aromatic heterocycles. The van der Waals surface area contributed by atoms with Gasteiger partial charge in [-0.15, -0.1) is 23.7 Å². The van der Waals surface area contributed by atoms with Gasteiger partial charge in [-0.1, -0.05) is 23.7 Å². The number of benzene rings is 1. The highest BCUT2D eigenvalue weighted by atomic mass is 35.5. The van der Waals surface area contributed by atoms with Gasteiger partial charge in [-0.25, -0.2) is 4.98 Å². The summed E-state index contributed by atoms with van der Waals surface area (Å²) < 4.78 is 0. The number of aromatic nitrogens is 1. The van der Waals surface area contributed by atoms with Crippen molar-refractivity contribution < 1.29 is 0 Å². The number of aryl methyl sites for hydroxylation is 1. The minimum absolute atomic E-state index is 0. The maximum atomic E-state index is 6.08. The summed E-state index contributed by atoms with van der Waals surface area (Å²) in [5, 5.41) is 5.48. The van der Waals surface area contributed by atoms with E-state index in [4.69, 9.17) is 16.6 Å². The van der Waals surface area contributed by atoms with Crippen LogP contribution in [0.2, 0.25) is 5.02 Å². The minimum atomic E-state index is 0. The largest absolute Gasteiger partial charge is 0.317 e. The van der Waals surface area contributed by atoms with Crippen LogP contribution in [0.3, 0.4) is 0 Å². The highest BCUT2D eigenvalue weighted by Gasteiger charge is 2.20. The van der Waals surface area contributed by atoms with Crippen LogP contribution in [-0.2, 0) is 0 Å². The smallest absolute Gasteiger partial charge is 0.0966 e. The van der Waals surface area contributed by atoms with Crippen molar-refractivity contribution in [3.63, 3.8) is 0 Å². The lowest BCUT2D eigenvalue weighted by Gasteiger charge is -2.20. The molecule has 0 bridgehead atoms. The fraction of sp³-hybridized carbons (Fsp3) is 0.400. The number of nitrogens with zero attached hydrogens (tertiary/aromatic N) is 1. The molecule has 0 amide bonds. The monoisotopic (exact) mass is 328 g/mol. The molecule has 0 aliphatic carbocycles. The number of hydrogen-bond donors (Lipinski definition) is 1. The summed E-state index contributed by atoms with van der Waals surface area (Å²) in [5.74, 6) is 0.623. The first-order valence-electron chi connectivity index (χ1n) is 6.68. The quantitative estimate of drug-likeness (QED) is 0.867. The van der Waals surface area contributed by atoms with Crippen molar-refractivity contribution in [1.29, 1.82) is 0 Å². The average molecular weight is 329 g/mol. The zero-order chi connectivity index (χ0) is 13.2. The van der Waals surface area contributed by atoms with E-state index in [1.165, 1.54) is 28.3 Å². The number of piperidine rings is 1. The van der Waals surface area contributed by atoms with Gasteiger partial charge in [0.05, 0.1) is 15.6 Å². The van der Waals surface area contributed by atoms with E-state index in [1.807, 2.05) is 29.5 Å². The van der Waals surface area contributed by atoms with Crippen LogP contribution in [0.15, 0.2) is 24.3 Å². The molecule has 0 radical (unpaired) electrons. The molecule has 1 saturated heterocycles. The number of hydrogen-bond acceptors (Lipinski definition) is 3. The molecule has 3 rings (SSSR count). The van der Waals surface area contributed by atoms with E-state index in [2.05, 4.69) is 18.3 Å². The molecular formula is C15H18Cl2N2S. The Balaban J connectivity index is 0.00000147. The van der Waals surface area contributed by atoms with Gasteiger partial charge in [0.15, 0.2) is 0 Å². The Morgan fingerprint density at radius 2 is 2.05 bits per heavy atom. The molecule has 1 aromatic carbocycles. The van der Waals surface area contributed by atoms with Gasteiger partial charge in [0, 0.05) is 10.9 Å². The van der Waals surface area contributed by atoms with E-state index in [0.29, 0.717) is 5.92 Å². The summed E-state index contributed by atoms with van der Waals surface area (Å²) in [4.78, 5) is 6.05. The highest BCUT2D eigenvalue weighted by Crippen LogP contribution is 2.36. The van der Waals surface area contributed by atoms with Crippen LogP contribution in [0.1, 0.15) is 29.5 Å². The molecule has 2 heterocycles.